The predicted octanol–water partition coefficient (Wildman–Crippen LogP) is 3.48. The number of aryl methyl sites for hydroxylation is 1. The van der Waals surface area contributed by atoms with E-state index in [1.54, 1.807) is 29.2 Å². The summed E-state index contributed by atoms with van der Waals surface area (Å²) >= 11 is 0. The first-order valence-corrected chi connectivity index (χ1v) is 12.0. The van der Waals surface area contributed by atoms with Gasteiger partial charge in [0.25, 0.3) is 0 Å². The van der Waals surface area contributed by atoms with Gasteiger partial charge in [0.2, 0.25) is 10.0 Å². The number of fused-ring (bicyclic) bond motifs is 2. The van der Waals surface area contributed by atoms with Crippen LogP contribution in [0.25, 0.3) is 0 Å². The summed E-state index contributed by atoms with van der Waals surface area (Å²) < 4.78 is 54.2. The van der Waals surface area contributed by atoms with Crippen LogP contribution in [0.3, 0.4) is 0 Å². The van der Waals surface area contributed by atoms with Crippen LogP contribution in [0.15, 0.2) is 71.6 Å². The number of nitrogens with zero attached hydrogens (tertiary/aromatic N) is 1. The summed E-state index contributed by atoms with van der Waals surface area (Å²) in [4.78, 5) is 1.86. The molecule has 0 saturated carbocycles. The fraction of sp³-hybridized carbons (Fsp3) is 0.250. The first-order chi connectivity index (χ1) is 15.8. The van der Waals surface area contributed by atoms with Gasteiger partial charge in [0.1, 0.15) is 5.82 Å². The van der Waals surface area contributed by atoms with Crippen molar-refractivity contribution in [1.82, 2.24) is 4.72 Å². The van der Waals surface area contributed by atoms with Crippen molar-refractivity contribution in [3.63, 3.8) is 0 Å². The molecule has 3 aromatic rings. The van der Waals surface area contributed by atoms with E-state index in [0.29, 0.717) is 22.9 Å². The predicted molar refractivity (Wildman–Crippen MR) is 121 cm³/mol. The van der Waals surface area contributed by atoms with Gasteiger partial charge in [-0.15, -0.1) is 0 Å². The number of para-hydroxylation sites is 2. The van der Waals surface area contributed by atoms with Crippen molar-refractivity contribution in [2.45, 2.75) is 30.0 Å². The molecule has 0 unspecified atom stereocenters. The molecule has 2 aliphatic rings. The molecule has 0 bridgehead atoms. The molecular formula is C24H23FN2O5S. The molecule has 5 rings (SSSR count). The SMILES string of the molecule is Cc1ccc(S(=O)(=O)N[C@@H]2COC[C@H](N3c4ccccc4Oc4ccc(F)cc43)[C@H]2O)cc1. The van der Waals surface area contributed by atoms with Gasteiger partial charge in [-0.05, 0) is 43.3 Å². The van der Waals surface area contributed by atoms with E-state index in [1.807, 2.05) is 19.1 Å². The number of nitrogens with one attached hydrogen (secondary N) is 1. The van der Waals surface area contributed by atoms with Gasteiger partial charge < -0.3 is 19.5 Å². The molecule has 3 aromatic carbocycles. The van der Waals surface area contributed by atoms with E-state index in [1.165, 1.54) is 30.3 Å². The Morgan fingerprint density at radius 2 is 1.73 bits per heavy atom. The van der Waals surface area contributed by atoms with Crippen molar-refractivity contribution in [3.8, 4) is 11.5 Å². The molecule has 0 amide bonds. The molecule has 0 radical (unpaired) electrons. The number of benzene rings is 3. The Labute approximate surface area is 191 Å². The molecule has 0 aromatic heterocycles. The third kappa shape index (κ3) is 4.08. The molecule has 2 aliphatic heterocycles. The van der Waals surface area contributed by atoms with E-state index in [9.17, 15) is 17.9 Å². The second-order valence-corrected chi connectivity index (χ2v) is 9.90. The second-order valence-electron chi connectivity index (χ2n) is 8.19. The smallest absolute Gasteiger partial charge is 0.240 e. The van der Waals surface area contributed by atoms with Crippen LogP contribution in [0.4, 0.5) is 15.8 Å². The second kappa shape index (κ2) is 8.42. The Morgan fingerprint density at radius 3 is 2.52 bits per heavy atom. The lowest BCUT2D eigenvalue weighted by Crippen LogP contribution is -2.60. The standard InChI is InChI=1S/C24H23FN2O5S/c1-15-6-9-17(10-7-15)33(29,30)26-18-13-31-14-21(24(18)28)27-19-4-2-3-5-22(19)32-23-11-8-16(25)12-20(23)27/h2-12,18,21,24,26,28H,13-14H2,1H3/t18-,21+,24+/m1/s1. The molecule has 7 nitrogen and oxygen atoms in total. The van der Waals surface area contributed by atoms with E-state index in [2.05, 4.69) is 4.72 Å². The highest BCUT2D eigenvalue weighted by molar-refractivity contribution is 7.89. The average Bonchev–Trinajstić information content (AvgIpc) is 2.79. The highest BCUT2D eigenvalue weighted by atomic mass is 32.2. The zero-order valence-corrected chi connectivity index (χ0v) is 18.6. The van der Waals surface area contributed by atoms with Gasteiger partial charge in [0.05, 0.1) is 47.7 Å². The van der Waals surface area contributed by atoms with Crippen LogP contribution in [-0.2, 0) is 14.8 Å². The quantitative estimate of drug-likeness (QED) is 0.607. The Balaban J connectivity index is 1.48. The fourth-order valence-electron chi connectivity index (χ4n) is 4.21. The maximum atomic E-state index is 14.2. The number of anilines is 2. The van der Waals surface area contributed by atoms with Crippen LogP contribution in [0.5, 0.6) is 11.5 Å². The lowest BCUT2D eigenvalue weighted by molar-refractivity contribution is -0.0244. The van der Waals surface area contributed by atoms with Gasteiger partial charge >= 0.3 is 0 Å². The van der Waals surface area contributed by atoms with Crippen molar-refractivity contribution >= 4 is 21.4 Å². The summed E-state index contributed by atoms with van der Waals surface area (Å²) in [6.45, 7) is 1.99. The van der Waals surface area contributed by atoms with Crippen LogP contribution in [0, 0.1) is 12.7 Å². The molecule has 9 heteroatoms. The van der Waals surface area contributed by atoms with Gasteiger partial charge in [-0.3, -0.25) is 0 Å². The highest BCUT2D eigenvalue weighted by Crippen LogP contribution is 2.48. The molecule has 2 N–H and O–H groups in total. The molecule has 0 spiro atoms. The summed E-state index contributed by atoms with van der Waals surface area (Å²) in [6.07, 6.45) is -1.14. The Hall–Kier alpha value is -2.98. The first kappa shape index (κ1) is 21.8. The van der Waals surface area contributed by atoms with Crippen molar-refractivity contribution in [2.75, 3.05) is 18.1 Å². The summed E-state index contributed by atoms with van der Waals surface area (Å²) in [5.41, 5.74) is 2.00. The largest absolute Gasteiger partial charge is 0.453 e. The van der Waals surface area contributed by atoms with Crippen molar-refractivity contribution in [2.24, 2.45) is 0 Å². The minimum absolute atomic E-state index is 0.00472. The number of ether oxygens (including phenoxy) is 2. The summed E-state index contributed by atoms with van der Waals surface area (Å²) in [6, 6.07) is 16.2. The number of sulfonamides is 1. The van der Waals surface area contributed by atoms with Crippen molar-refractivity contribution < 1.29 is 27.4 Å². The van der Waals surface area contributed by atoms with Crippen LogP contribution in [0.1, 0.15) is 5.56 Å². The van der Waals surface area contributed by atoms with Gasteiger partial charge in [-0.1, -0.05) is 29.8 Å². The summed E-state index contributed by atoms with van der Waals surface area (Å²) in [7, 11) is -3.88. The molecule has 3 atom stereocenters. The van der Waals surface area contributed by atoms with E-state index in [0.717, 1.165) is 5.56 Å². The van der Waals surface area contributed by atoms with E-state index in [-0.39, 0.29) is 18.1 Å². The molecule has 1 saturated heterocycles. The van der Waals surface area contributed by atoms with Crippen LogP contribution < -0.4 is 14.4 Å². The van der Waals surface area contributed by atoms with E-state index >= 15 is 0 Å². The molecular weight excluding hydrogens is 447 g/mol. The topological polar surface area (TPSA) is 88.1 Å². The minimum atomic E-state index is -3.88. The fourth-order valence-corrected chi connectivity index (χ4v) is 5.45. The molecule has 1 fully saturated rings. The number of hydrogen-bond acceptors (Lipinski definition) is 6. The maximum Gasteiger partial charge on any atom is 0.240 e. The first-order valence-electron chi connectivity index (χ1n) is 10.5. The monoisotopic (exact) mass is 470 g/mol. The molecule has 172 valence electrons. The van der Waals surface area contributed by atoms with Crippen molar-refractivity contribution in [1.29, 1.82) is 0 Å². The van der Waals surface area contributed by atoms with E-state index < -0.39 is 34.0 Å². The summed E-state index contributed by atoms with van der Waals surface area (Å²) in [5.74, 6) is 0.528. The average molecular weight is 471 g/mol. The summed E-state index contributed by atoms with van der Waals surface area (Å²) in [5, 5.41) is 11.3. The molecule has 2 heterocycles. The lowest BCUT2D eigenvalue weighted by atomic mass is 9.98. The van der Waals surface area contributed by atoms with Gasteiger partial charge in [0, 0.05) is 6.07 Å². The van der Waals surface area contributed by atoms with Crippen LogP contribution >= 0.6 is 0 Å². The number of halogens is 1. The third-order valence-electron chi connectivity index (χ3n) is 5.89. The van der Waals surface area contributed by atoms with Crippen LogP contribution in [-0.4, -0.2) is 44.9 Å². The number of rotatable bonds is 4. The Kier molecular flexibility index (Phi) is 5.57. The maximum absolute atomic E-state index is 14.2. The number of aliphatic hydroxyl groups is 1. The Bertz CT molecular complexity index is 1280. The molecule has 33 heavy (non-hydrogen) atoms. The van der Waals surface area contributed by atoms with E-state index in [4.69, 9.17) is 9.47 Å². The lowest BCUT2D eigenvalue weighted by Gasteiger charge is -2.44. The minimum Gasteiger partial charge on any atom is -0.453 e. The third-order valence-corrected chi connectivity index (χ3v) is 7.39. The zero-order valence-electron chi connectivity index (χ0n) is 17.8. The van der Waals surface area contributed by atoms with Crippen molar-refractivity contribution in [3.05, 3.63) is 78.1 Å². The van der Waals surface area contributed by atoms with Gasteiger partial charge in [-0.25, -0.2) is 17.5 Å². The number of hydrogen-bond donors (Lipinski definition) is 2. The molecule has 0 aliphatic carbocycles. The highest BCUT2D eigenvalue weighted by Gasteiger charge is 2.42. The van der Waals surface area contributed by atoms with Gasteiger partial charge in [0.15, 0.2) is 11.5 Å². The number of aliphatic hydroxyl groups excluding tert-OH is 1. The van der Waals surface area contributed by atoms with Crippen LogP contribution in [0.2, 0.25) is 0 Å². The Morgan fingerprint density at radius 1 is 1.00 bits per heavy atom. The zero-order chi connectivity index (χ0) is 23.2. The van der Waals surface area contributed by atoms with Gasteiger partial charge in [-0.2, -0.15) is 0 Å². The normalized spacial score (nSPS) is 22.3.